The Morgan fingerprint density at radius 2 is 1.70 bits per heavy atom. The van der Waals surface area contributed by atoms with Gasteiger partial charge < -0.3 is 0 Å². The smallest absolute Gasteiger partial charge is 0.175 e. The first kappa shape index (κ1) is 14.9. The third-order valence-corrected chi connectivity index (χ3v) is 4.74. The number of hydrogen-bond acceptors (Lipinski definition) is 2. The predicted octanol–water partition coefficient (Wildman–Crippen LogP) is 3.95. The second-order valence-corrected chi connectivity index (χ2v) is 6.55. The van der Waals surface area contributed by atoms with Crippen molar-refractivity contribution in [3.05, 3.63) is 64.2 Å². The molecule has 0 radical (unpaired) electrons. The number of Topliss-reactive ketones (excluding diaryl/α,β-unsaturated/α-hetero) is 1. The van der Waals surface area contributed by atoms with Crippen molar-refractivity contribution < 1.29 is 9.00 Å². The summed E-state index contributed by atoms with van der Waals surface area (Å²) in [5.74, 6) is -0.120. The van der Waals surface area contributed by atoms with Gasteiger partial charge in [0.1, 0.15) is 0 Å². The van der Waals surface area contributed by atoms with Crippen LogP contribution in [0.5, 0.6) is 0 Å². The number of ketones is 1. The van der Waals surface area contributed by atoms with Crippen molar-refractivity contribution in [1.29, 1.82) is 0 Å². The number of carbonyl (C=O) groups is 1. The fourth-order valence-corrected chi connectivity index (χ4v) is 2.92. The Labute approximate surface area is 126 Å². The number of carbonyl (C=O) groups excluding carboxylic acids is 1. The molecule has 0 fully saturated rings. The highest BCUT2D eigenvalue weighted by Gasteiger charge is 2.13. The minimum Gasteiger partial charge on any atom is -0.293 e. The standard InChI is InChI=1S/C16H15ClO2S/c1-11-3-4-13(9-12(11)2)16(18)10-20(19)15-7-5-14(17)6-8-15/h3-9H,10H2,1-2H3. The molecule has 0 N–H and O–H groups in total. The molecule has 0 amide bonds. The molecule has 0 saturated heterocycles. The molecule has 2 aromatic carbocycles. The molecule has 0 aliphatic heterocycles. The van der Waals surface area contributed by atoms with Gasteiger partial charge in [-0.15, -0.1) is 0 Å². The Kier molecular flexibility index (Phi) is 4.73. The van der Waals surface area contributed by atoms with Crippen LogP contribution < -0.4 is 0 Å². The van der Waals surface area contributed by atoms with Crippen molar-refractivity contribution >= 4 is 28.2 Å². The van der Waals surface area contributed by atoms with Crippen LogP contribution in [-0.2, 0) is 10.8 Å². The summed E-state index contributed by atoms with van der Waals surface area (Å²) in [6, 6.07) is 12.3. The first-order valence-electron chi connectivity index (χ1n) is 6.22. The molecule has 0 saturated carbocycles. The van der Waals surface area contributed by atoms with Gasteiger partial charge in [0.15, 0.2) is 5.78 Å². The number of benzene rings is 2. The van der Waals surface area contributed by atoms with E-state index >= 15 is 0 Å². The van der Waals surface area contributed by atoms with E-state index in [-0.39, 0.29) is 11.5 Å². The van der Waals surface area contributed by atoms with Crippen LogP contribution in [0.4, 0.5) is 0 Å². The molecular formula is C16H15ClO2S. The minimum atomic E-state index is -1.34. The Balaban J connectivity index is 2.13. The van der Waals surface area contributed by atoms with E-state index in [1.807, 2.05) is 26.0 Å². The maximum atomic E-state index is 12.1. The van der Waals surface area contributed by atoms with Gasteiger partial charge >= 0.3 is 0 Å². The molecule has 2 aromatic rings. The zero-order chi connectivity index (χ0) is 14.7. The molecule has 0 aromatic heterocycles. The molecule has 0 aliphatic carbocycles. The fraction of sp³-hybridized carbons (Fsp3) is 0.188. The van der Waals surface area contributed by atoms with Gasteiger partial charge in [0, 0.05) is 15.5 Å². The van der Waals surface area contributed by atoms with Gasteiger partial charge in [0.25, 0.3) is 0 Å². The average molecular weight is 307 g/mol. The van der Waals surface area contributed by atoms with Gasteiger partial charge in [-0.2, -0.15) is 0 Å². The third-order valence-electron chi connectivity index (χ3n) is 3.17. The van der Waals surface area contributed by atoms with Crippen molar-refractivity contribution in [1.82, 2.24) is 0 Å². The molecule has 104 valence electrons. The maximum Gasteiger partial charge on any atom is 0.175 e. The van der Waals surface area contributed by atoms with Crippen LogP contribution in [0, 0.1) is 13.8 Å². The second-order valence-electron chi connectivity index (χ2n) is 4.67. The Bertz CT molecular complexity index is 663. The molecule has 0 aliphatic rings. The summed E-state index contributed by atoms with van der Waals surface area (Å²) in [6.07, 6.45) is 0. The quantitative estimate of drug-likeness (QED) is 0.802. The Morgan fingerprint density at radius 3 is 2.30 bits per heavy atom. The van der Waals surface area contributed by atoms with E-state index in [0.29, 0.717) is 15.5 Å². The number of hydrogen-bond donors (Lipinski definition) is 0. The summed E-state index contributed by atoms with van der Waals surface area (Å²) in [6.45, 7) is 3.96. The van der Waals surface area contributed by atoms with E-state index in [4.69, 9.17) is 11.6 Å². The monoisotopic (exact) mass is 306 g/mol. The van der Waals surface area contributed by atoms with E-state index in [9.17, 15) is 9.00 Å². The second kappa shape index (κ2) is 6.33. The van der Waals surface area contributed by atoms with Gasteiger partial charge in [-0.05, 0) is 55.3 Å². The largest absolute Gasteiger partial charge is 0.293 e. The van der Waals surface area contributed by atoms with E-state index < -0.39 is 10.8 Å². The van der Waals surface area contributed by atoms with Crippen molar-refractivity contribution in [2.45, 2.75) is 18.7 Å². The van der Waals surface area contributed by atoms with Crippen LogP contribution in [0.25, 0.3) is 0 Å². The van der Waals surface area contributed by atoms with Gasteiger partial charge in [0.05, 0.1) is 16.6 Å². The zero-order valence-electron chi connectivity index (χ0n) is 11.4. The van der Waals surface area contributed by atoms with E-state index in [2.05, 4.69) is 0 Å². The first-order valence-corrected chi connectivity index (χ1v) is 7.91. The van der Waals surface area contributed by atoms with Gasteiger partial charge in [0.2, 0.25) is 0 Å². The maximum absolute atomic E-state index is 12.1. The van der Waals surface area contributed by atoms with E-state index in [0.717, 1.165) is 11.1 Å². The Hall–Kier alpha value is -1.45. The molecule has 2 nitrogen and oxygen atoms in total. The summed E-state index contributed by atoms with van der Waals surface area (Å²) in [5.41, 5.74) is 2.81. The number of rotatable bonds is 4. The van der Waals surface area contributed by atoms with Crippen LogP contribution in [0.3, 0.4) is 0 Å². The molecular weight excluding hydrogens is 292 g/mol. The first-order chi connectivity index (χ1) is 9.47. The van der Waals surface area contributed by atoms with Crippen molar-refractivity contribution in [2.75, 3.05) is 5.75 Å². The Morgan fingerprint density at radius 1 is 1.05 bits per heavy atom. The summed E-state index contributed by atoms with van der Waals surface area (Å²) in [7, 11) is -1.34. The van der Waals surface area contributed by atoms with Crippen molar-refractivity contribution in [3.8, 4) is 0 Å². The third kappa shape index (κ3) is 3.56. The lowest BCUT2D eigenvalue weighted by molar-refractivity contribution is 0.102. The van der Waals surface area contributed by atoms with Gasteiger partial charge in [-0.3, -0.25) is 9.00 Å². The minimum absolute atomic E-state index is 0.00979. The van der Waals surface area contributed by atoms with Crippen molar-refractivity contribution in [3.63, 3.8) is 0 Å². The van der Waals surface area contributed by atoms with Crippen LogP contribution >= 0.6 is 11.6 Å². The number of aryl methyl sites for hydroxylation is 2. The molecule has 20 heavy (non-hydrogen) atoms. The van der Waals surface area contributed by atoms with Gasteiger partial charge in [-0.1, -0.05) is 23.7 Å². The molecule has 1 atom stereocenters. The number of halogens is 1. The highest BCUT2D eigenvalue weighted by atomic mass is 35.5. The average Bonchev–Trinajstić information content (AvgIpc) is 2.42. The lowest BCUT2D eigenvalue weighted by Crippen LogP contribution is -2.11. The molecule has 0 heterocycles. The molecule has 0 spiro atoms. The summed E-state index contributed by atoms with van der Waals surface area (Å²) in [5, 5.41) is 0.589. The molecule has 4 heteroatoms. The lowest BCUT2D eigenvalue weighted by atomic mass is 10.0. The van der Waals surface area contributed by atoms with Gasteiger partial charge in [-0.25, -0.2) is 0 Å². The van der Waals surface area contributed by atoms with Crippen molar-refractivity contribution in [2.24, 2.45) is 0 Å². The van der Waals surface area contributed by atoms with E-state index in [1.54, 1.807) is 30.3 Å². The normalized spacial score (nSPS) is 12.2. The summed E-state index contributed by atoms with van der Waals surface area (Å²) < 4.78 is 12.1. The van der Waals surface area contributed by atoms with Crippen LogP contribution in [-0.4, -0.2) is 15.7 Å². The zero-order valence-corrected chi connectivity index (χ0v) is 12.9. The fourth-order valence-electron chi connectivity index (χ4n) is 1.79. The summed E-state index contributed by atoms with van der Waals surface area (Å²) >= 11 is 5.78. The highest BCUT2D eigenvalue weighted by molar-refractivity contribution is 7.85. The molecule has 1 unspecified atom stereocenters. The lowest BCUT2D eigenvalue weighted by Gasteiger charge is -2.05. The summed E-state index contributed by atoms with van der Waals surface area (Å²) in [4.78, 5) is 12.8. The van der Waals surface area contributed by atoms with E-state index in [1.165, 1.54) is 0 Å². The van der Waals surface area contributed by atoms with Crippen LogP contribution in [0.15, 0.2) is 47.4 Å². The SMILES string of the molecule is Cc1ccc(C(=O)CS(=O)c2ccc(Cl)cc2)cc1C. The van der Waals surface area contributed by atoms with Crippen LogP contribution in [0.2, 0.25) is 5.02 Å². The molecule has 2 rings (SSSR count). The highest BCUT2D eigenvalue weighted by Crippen LogP contribution is 2.15. The topological polar surface area (TPSA) is 34.1 Å². The van der Waals surface area contributed by atoms with Crippen LogP contribution in [0.1, 0.15) is 21.5 Å². The molecule has 0 bridgehead atoms. The predicted molar refractivity (Wildman–Crippen MR) is 83.0 cm³/mol.